The van der Waals surface area contributed by atoms with Crippen molar-refractivity contribution in [2.75, 3.05) is 33.2 Å². The standard InChI is InChI=1S/C19H37N5O/c1-6-10-12-24(5)13-11-21-19(20-9-4)22-15-17-14-18(23-25-17)16(7-2)8-3/h14,16H,6-13,15H2,1-5H3,(H2,20,21,22). The van der Waals surface area contributed by atoms with E-state index < -0.39 is 0 Å². The van der Waals surface area contributed by atoms with Crippen molar-refractivity contribution in [3.05, 3.63) is 17.5 Å². The lowest BCUT2D eigenvalue weighted by molar-refractivity contribution is 0.332. The number of unbranched alkanes of at least 4 members (excludes halogenated alkanes) is 1. The Morgan fingerprint density at radius 2 is 1.96 bits per heavy atom. The molecule has 25 heavy (non-hydrogen) atoms. The first-order valence-corrected chi connectivity index (χ1v) is 9.80. The molecule has 0 atom stereocenters. The van der Waals surface area contributed by atoms with Gasteiger partial charge >= 0.3 is 0 Å². The number of nitrogens with one attached hydrogen (secondary N) is 2. The lowest BCUT2D eigenvalue weighted by atomic mass is 9.99. The number of likely N-dealkylation sites (N-methyl/N-ethyl adjacent to an activating group) is 1. The zero-order valence-corrected chi connectivity index (χ0v) is 16.8. The molecule has 0 aliphatic heterocycles. The van der Waals surface area contributed by atoms with Gasteiger partial charge in [0.2, 0.25) is 0 Å². The minimum Gasteiger partial charge on any atom is -0.359 e. The fraction of sp³-hybridized carbons (Fsp3) is 0.789. The topological polar surface area (TPSA) is 65.7 Å². The molecule has 0 aromatic carbocycles. The summed E-state index contributed by atoms with van der Waals surface area (Å²) in [6, 6.07) is 2.04. The quantitative estimate of drug-likeness (QED) is 0.446. The number of hydrogen-bond donors (Lipinski definition) is 2. The molecule has 6 nitrogen and oxygen atoms in total. The van der Waals surface area contributed by atoms with E-state index in [0.717, 1.165) is 56.4 Å². The first-order chi connectivity index (χ1) is 12.1. The molecule has 0 bridgehead atoms. The first kappa shape index (κ1) is 21.5. The van der Waals surface area contributed by atoms with Gasteiger partial charge in [0.1, 0.15) is 6.54 Å². The highest BCUT2D eigenvalue weighted by atomic mass is 16.5. The summed E-state index contributed by atoms with van der Waals surface area (Å²) >= 11 is 0. The summed E-state index contributed by atoms with van der Waals surface area (Å²) in [6.45, 7) is 13.0. The van der Waals surface area contributed by atoms with Gasteiger partial charge in [0.25, 0.3) is 0 Å². The maximum absolute atomic E-state index is 5.44. The highest BCUT2D eigenvalue weighted by Gasteiger charge is 2.12. The summed E-state index contributed by atoms with van der Waals surface area (Å²) in [7, 11) is 2.16. The zero-order valence-electron chi connectivity index (χ0n) is 16.8. The molecular weight excluding hydrogens is 314 g/mol. The Kier molecular flexibility index (Phi) is 11.0. The fourth-order valence-electron chi connectivity index (χ4n) is 2.71. The van der Waals surface area contributed by atoms with Gasteiger partial charge in [-0.2, -0.15) is 0 Å². The number of aliphatic imine (C=N–C) groups is 1. The zero-order chi connectivity index (χ0) is 18.5. The van der Waals surface area contributed by atoms with Crippen LogP contribution in [0, 0.1) is 0 Å². The molecule has 144 valence electrons. The number of guanidine groups is 1. The normalized spacial score (nSPS) is 12.2. The van der Waals surface area contributed by atoms with Crippen molar-refractivity contribution in [2.45, 2.75) is 65.8 Å². The Balaban J connectivity index is 2.49. The molecule has 0 saturated carbocycles. The largest absolute Gasteiger partial charge is 0.359 e. The van der Waals surface area contributed by atoms with Gasteiger partial charge in [0.15, 0.2) is 11.7 Å². The molecule has 6 heteroatoms. The molecular formula is C19H37N5O. The van der Waals surface area contributed by atoms with Crippen LogP contribution in [0.4, 0.5) is 0 Å². The highest BCUT2D eigenvalue weighted by Crippen LogP contribution is 2.22. The first-order valence-electron chi connectivity index (χ1n) is 9.80. The predicted octanol–water partition coefficient (Wildman–Crippen LogP) is 3.37. The van der Waals surface area contributed by atoms with Crippen molar-refractivity contribution in [3.8, 4) is 0 Å². The van der Waals surface area contributed by atoms with Crippen LogP contribution in [0.3, 0.4) is 0 Å². The SMILES string of the molecule is CCCCN(C)CCNC(=NCc1cc(C(CC)CC)no1)NCC. The van der Waals surface area contributed by atoms with Crippen LogP contribution in [0.5, 0.6) is 0 Å². The van der Waals surface area contributed by atoms with E-state index in [1.165, 1.54) is 12.8 Å². The van der Waals surface area contributed by atoms with E-state index in [1.807, 2.05) is 6.07 Å². The summed E-state index contributed by atoms with van der Waals surface area (Å²) in [5.41, 5.74) is 1.05. The van der Waals surface area contributed by atoms with Gasteiger partial charge in [-0.15, -0.1) is 0 Å². The van der Waals surface area contributed by atoms with Crippen LogP contribution < -0.4 is 10.6 Å². The van der Waals surface area contributed by atoms with E-state index in [0.29, 0.717) is 12.5 Å². The van der Waals surface area contributed by atoms with Crippen molar-refractivity contribution < 1.29 is 4.52 Å². The minimum atomic E-state index is 0.478. The number of rotatable bonds is 12. The van der Waals surface area contributed by atoms with E-state index in [4.69, 9.17) is 4.52 Å². The van der Waals surface area contributed by atoms with Crippen molar-refractivity contribution in [1.29, 1.82) is 0 Å². The molecule has 1 aromatic rings. The number of hydrogen-bond acceptors (Lipinski definition) is 4. The van der Waals surface area contributed by atoms with Crippen LogP contribution in [0.1, 0.15) is 70.8 Å². The van der Waals surface area contributed by atoms with Crippen molar-refractivity contribution in [1.82, 2.24) is 20.7 Å². The summed E-state index contributed by atoms with van der Waals surface area (Å²) < 4.78 is 5.44. The van der Waals surface area contributed by atoms with Crippen LogP contribution in [-0.4, -0.2) is 49.2 Å². The molecule has 0 radical (unpaired) electrons. The molecule has 1 rings (SSSR count). The van der Waals surface area contributed by atoms with Crippen LogP contribution in [0.25, 0.3) is 0 Å². The van der Waals surface area contributed by atoms with Gasteiger partial charge < -0.3 is 20.1 Å². The second kappa shape index (κ2) is 12.8. The van der Waals surface area contributed by atoms with Gasteiger partial charge in [0.05, 0.1) is 5.69 Å². The van der Waals surface area contributed by atoms with Gasteiger partial charge in [-0.05, 0) is 39.8 Å². The van der Waals surface area contributed by atoms with Crippen LogP contribution in [0.15, 0.2) is 15.6 Å². The maximum atomic E-state index is 5.44. The molecule has 0 aliphatic carbocycles. The molecule has 0 fully saturated rings. The van der Waals surface area contributed by atoms with Crippen LogP contribution in [-0.2, 0) is 6.54 Å². The number of nitrogens with zero attached hydrogens (tertiary/aromatic N) is 3. The van der Waals surface area contributed by atoms with E-state index >= 15 is 0 Å². The maximum Gasteiger partial charge on any atom is 0.191 e. The predicted molar refractivity (Wildman–Crippen MR) is 105 cm³/mol. The molecule has 2 N–H and O–H groups in total. The van der Waals surface area contributed by atoms with E-state index in [-0.39, 0.29) is 0 Å². The monoisotopic (exact) mass is 351 g/mol. The van der Waals surface area contributed by atoms with Gasteiger partial charge in [-0.3, -0.25) is 0 Å². The summed E-state index contributed by atoms with van der Waals surface area (Å²) in [5, 5.41) is 10.9. The van der Waals surface area contributed by atoms with Crippen molar-refractivity contribution in [2.24, 2.45) is 4.99 Å². The molecule has 1 heterocycles. The summed E-state index contributed by atoms with van der Waals surface area (Å²) in [6.07, 6.45) is 4.65. The Morgan fingerprint density at radius 1 is 1.20 bits per heavy atom. The Labute approximate surface area is 153 Å². The van der Waals surface area contributed by atoms with Crippen molar-refractivity contribution in [3.63, 3.8) is 0 Å². The summed E-state index contributed by atoms with van der Waals surface area (Å²) in [5.74, 6) is 2.12. The van der Waals surface area contributed by atoms with E-state index in [2.05, 4.69) is 60.4 Å². The lowest BCUT2D eigenvalue weighted by Crippen LogP contribution is -2.41. The summed E-state index contributed by atoms with van der Waals surface area (Å²) in [4.78, 5) is 6.95. The average molecular weight is 352 g/mol. The Bertz CT molecular complexity index is 482. The average Bonchev–Trinajstić information content (AvgIpc) is 3.07. The van der Waals surface area contributed by atoms with E-state index in [1.54, 1.807) is 0 Å². The Morgan fingerprint density at radius 3 is 2.60 bits per heavy atom. The second-order valence-corrected chi connectivity index (χ2v) is 6.51. The molecule has 1 aromatic heterocycles. The van der Waals surface area contributed by atoms with Crippen molar-refractivity contribution >= 4 is 5.96 Å². The van der Waals surface area contributed by atoms with Gasteiger partial charge in [0, 0.05) is 31.6 Å². The smallest absolute Gasteiger partial charge is 0.191 e. The second-order valence-electron chi connectivity index (χ2n) is 6.51. The molecule has 0 aliphatic rings. The molecule has 0 spiro atoms. The number of aromatic nitrogens is 1. The third kappa shape index (κ3) is 8.38. The van der Waals surface area contributed by atoms with Gasteiger partial charge in [-0.1, -0.05) is 32.3 Å². The van der Waals surface area contributed by atoms with Crippen LogP contribution >= 0.6 is 0 Å². The lowest BCUT2D eigenvalue weighted by Gasteiger charge is -2.17. The van der Waals surface area contributed by atoms with E-state index in [9.17, 15) is 0 Å². The fourth-order valence-corrected chi connectivity index (χ4v) is 2.71. The molecule has 0 saturated heterocycles. The van der Waals surface area contributed by atoms with Gasteiger partial charge in [-0.25, -0.2) is 4.99 Å². The molecule has 0 amide bonds. The highest BCUT2D eigenvalue weighted by molar-refractivity contribution is 5.79. The minimum absolute atomic E-state index is 0.478. The molecule has 0 unspecified atom stereocenters. The third-order valence-electron chi connectivity index (χ3n) is 4.40. The third-order valence-corrected chi connectivity index (χ3v) is 4.40. The van der Waals surface area contributed by atoms with Crippen LogP contribution in [0.2, 0.25) is 0 Å². The Hall–Kier alpha value is -1.56.